The minimum absolute atomic E-state index is 0.0631. The minimum atomic E-state index is -0.719. The van der Waals surface area contributed by atoms with Crippen molar-refractivity contribution in [3.63, 3.8) is 0 Å². The van der Waals surface area contributed by atoms with Crippen LogP contribution in [0.25, 0.3) is 5.70 Å². The second-order valence-corrected chi connectivity index (χ2v) is 9.51. The van der Waals surface area contributed by atoms with E-state index in [1.807, 2.05) is 25.7 Å². The van der Waals surface area contributed by atoms with Crippen molar-refractivity contribution < 1.29 is 13.6 Å². The van der Waals surface area contributed by atoms with Gasteiger partial charge in [-0.25, -0.2) is 8.78 Å². The first-order chi connectivity index (χ1) is 15.1. The zero-order chi connectivity index (χ0) is 23.7. The standard InChI is InChI=1S/C25H30F2N4O/c1-16(13-21(30-29-5)22-19(26)7-6-8-20(22)27)18-9-11-25(4,24(18,2)3)23(32)31-12-10-17(14-28)15-31/h6-8,13,17-18H,1,9-12,15H2,2-5H3/b21-13-,30-29-. The van der Waals surface area contributed by atoms with Gasteiger partial charge in [0, 0.05) is 20.1 Å². The predicted molar refractivity (Wildman–Crippen MR) is 119 cm³/mol. The zero-order valence-electron chi connectivity index (χ0n) is 19.2. The molecule has 5 nitrogen and oxygen atoms in total. The Balaban J connectivity index is 1.90. The Morgan fingerprint density at radius 1 is 1.28 bits per heavy atom. The first-order valence-electron chi connectivity index (χ1n) is 10.9. The van der Waals surface area contributed by atoms with Crippen LogP contribution in [0.15, 0.2) is 46.7 Å². The third kappa shape index (κ3) is 3.99. The summed E-state index contributed by atoms with van der Waals surface area (Å²) in [5, 5.41) is 16.9. The highest BCUT2D eigenvalue weighted by Gasteiger charge is 2.57. The van der Waals surface area contributed by atoms with Crippen molar-refractivity contribution >= 4 is 11.6 Å². The summed E-state index contributed by atoms with van der Waals surface area (Å²) in [5.41, 5.74) is -0.597. The van der Waals surface area contributed by atoms with Gasteiger partial charge in [-0.3, -0.25) is 4.79 Å². The van der Waals surface area contributed by atoms with Crippen LogP contribution in [0.4, 0.5) is 8.78 Å². The summed E-state index contributed by atoms with van der Waals surface area (Å²) < 4.78 is 28.8. The van der Waals surface area contributed by atoms with Gasteiger partial charge in [-0.05, 0) is 54.4 Å². The van der Waals surface area contributed by atoms with Gasteiger partial charge >= 0.3 is 0 Å². The maximum Gasteiger partial charge on any atom is 0.229 e. The number of benzene rings is 1. The summed E-state index contributed by atoms with van der Waals surface area (Å²) >= 11 is 0. The van der Waals surface area contributed by atoms with Gasteiger partial charge in [-0.1, -0.05) is 33.4 Å². The number of carbonyl (C=O) groups excluding carboxylic acids is 1. The normalized spacial score (nSPS) is 27.7. The molecule has 0 N–H and O–H groups in total. The molecular formula is C25H30F2N4O. The lowest BCUT2D eigenvalue weighted by molar-refractivity contribution is -0.146. The molecule has 1 heterocycles. The van der Waals surface area contributed by atoms with E-state index >= 15 is 0 Å². The Morgan fingerprint density at radius 2 is 1.94 bits per heavy atom. The maximum atomic E-state index is 14.4. The van der Waals surface area contributed by atoms with E-state index in [0.717, 1.165) is 6.42 Å². The van der Waals surface area contributed by atoms with Gasteiger partial charge in [-0.2, -0.15) is 15.5 Å². The fraction of sp³-hybridized carbons (Fsp3) is 0.520. The second-order valence-electron chi connectivity index (χ2n) is 9.51. The molecule has 1 aromatic rings. The average molecular weight is 441 g/mol. The molecule has 1 aliphatic carbocycles. The molecule has 3 atom stereocenters. The molecule has 2 aliphatic rings. The van der Waals surface area contributed by atoms with Crippen molar-refractivity contribution in [2.75, 3.05) is 20.1 Å². The van der Waals surface area contributed by atoms with Crippen LogP contribution >= 0.6 is 0 Å². The predicted octanol–water partition coefficient (Wildman–Crippen LogP) is 5.76. The van der Waals surface area contributed by atoms with Gasteiger partial charge in [0.05, 0.1) is 28.7 Å². The van der Waals surface area contributed by atoms with Crippen LogP contribution in [-0.2, 0) is 4.79 Å². The Labute approximate surface area is 188 Å². The molecule has 3 rings (SSSR count). The number of nitriles is 1. The third-order valence-electron chi connectivity index (χ3n) is 7.55. The fourth-order valence-electron chi connectivity index (χ4n) is 5.21. The Hall–Kier alpha value is -2.88. The van der Waals surface area contributed by atoms with Gasteiger partial charge < -0.3 is 4.90 Å². The van der Waals surface area contributed by atoms with Gasteiger partial charge in [0.25, 0.3) is 0 Å². The van der Waals surface area contributed by atoms with Crippen LogP contribution < -0.4 is 0 Å². The molecule has 32 heavy (non-hydrogen) atoms. The van der Waals surface area contributed by atoms with Crippen LogP contribution in [0, 0.1) is 45.6 Å². The quantitative estimate of drug-likeness (QED) is 0.432. The molecule has 0 aromatic heterocycles. The van der Waals surface area contributed by atoms with Crippen molar-refractivity contribution in [3.8, 4) is 6.07 Å². The molecular weight excluding hydrogens is 410 g/mol. The summed E-state index contributed by atoms with van der Waals surface area (Å²) in [5.74, 6) is -1.57. The molecule has 0 spiro atoms. The first-order valence-corrected chi connectivity index (χ1v) is 10.9. The van der Waals surface area contributed by atoms with Crippen molar-refractivity contribution in [2.45, 2.75) is 40.0 Å². The van der Waals surface area contributed by atoms with E-state index in [9.17, 15) is 18.8 Å². The maximum absolute atomic E-state index is 14.4. The SMILES string of the molecule is C=C(/C=C(\N=N/C)c1c(F)cccc1F)C1CCC(C)(C(=O)N2CCC(C#N)C2)C1(C)C. The molecule has 0 radical (unpaired) electrons. The van der Waals surface area contributed by atoms with E-state index in [2.05, 4.69) is 22.9 Å². The van der Waals surface area contributed by atoms with Gasteiger partial charge in [0.1, 0.15) is 11.6 Å². The molecule has 1 saturated heterocycles. The molecule has 170 valence electrons. The largest absolute Gasteiger partial charge is 0.341 e. The fourth-order valence-corrected chi connectivity index (χ4v) is 5.21. The van der Waals surface area contributed by atoms with Gasteiger partial charge in [0.2, 0.25) is 5.91 Å². The smallest absolute Gasteiger partial charge is 0.229 e. The third-order valence-corrected chi connectivity index (χ3v) is 7.55. The lowest BCUT2D eigenvalue weighted by Crippen LogP contribution is -2.48. The summed E-state index contributed by atoms with van der Waals surface area (Å²) in [6, 6.07) is 5.92. The summed E-state index contributed by atoms with van der Waals surface area (Å²) in [4.78, 5) is 15.3. The van der Waals surface area contributed by atoms with Gasteiger partial charge in [0.15, 0.2) is 0 Å². The van der Waals surface area contributed by atoms with E-state index in [0.29, 0.717) is 31.5 Å². The van der Waals surface area contributed by atoms with Crippen molar-refractivity contribution in [1.82, 2.24) is 4.90 Å². The van der Waals surface area contributed by atoms with Crippen LogP contribution in [0.3, 0.4) is 0 Å². The monoisotopic (exact) mass is 440 g/mol. The molecule has 1 aromatic carbocycles. The van der Waals surface area contributed by atoms with Crippen molar-refractivity contribution in [1.29, 1.82) is 5.26 Å². The molecule has 1 saturated carbocycles. The Kier molecular flexibility index (Phi) is 6.64. The number of likely N-dealkylation sites (tertiary alicyclic amines) is 1. The van der Waals surface area contributed by atoms with Crippen LogP contribution in [-0.4, -0.2) is 30.9 Å². The Bertz CT molecular complexity index is 1000. The number of hydrogen-bond donors (Lipinski definition) is 0. The van der Waals surface area contributed by atoms with Crippen LogP contribution in [0.1, 0.15) is 45.6 Å². The number of carbonyl (C=O) groups is 1. The zero-order valence-corrected chi connectivity index (χ0v) is 19.2. The van der Waals surface area contributed by atoms with Crippen molar-refractivity contribution in [2.24, 2.45) is 32.9 Å². The van der Waals surface area contributed by atoms with E-state index in [1.54, 1.807) is 6.08 Å². The highest BCUT2D eigenvalue weighted by Crippen LogP contribution is 2.59. The molecule has 1 amide bonds. The lowest BCUT2D eigenvalue weighted by atomic mass is 9.63. The number of hydrogen-bond acceptors (Lipinski definition) is 4. The first kappa shape index (κ1) is 23.8. The summed E-state index contributed by atoms with van der Waals surface area (Å²) in [6.45, 7) is 11.3. The molecule has 2 fully saturated rings. The van der Waals surface area contributed by atoms with E-state index in [1.165, 1.54) is 25.2 Å². The summed E-state index contributed by atoms with van der Waals surface area (Å²) in [6.07, 6.45) is 3.68. The van der Waals surface area contributed by atoms with Crippen LogP contribution in [0.5, 0.6) is 0 Å². The number of allylic oxidation sites excluding steroid dienone is 2. The lowest BCUT2D eigenvalue weighted by Gasteiger charge is -2.42. The highest BCUT2D eigenvalue weighted by molar-refractivity contribution is 5.84. The van der Waals surface area contributed by atoms with Gasteiger partial charge in [-0.15, -0.1) is 0 Å². The minimum Gasteiger partial charge on any atom is -0.341 e. The number of halogens is 2. The van der Waals surface area contributed by atoms with Crippen molar-refractivity contribution in [3.05, 3.63) is 53.6 Å². The highest BCUT2D eigenvalue weighted by atomic mass is 19.1. The molecule has 1 aliphatic heterocycles. The van der Waals surface area contributed by atoms with E-state index < -0.39 is 22.5 Å². The molecule has 7 heteroatoms. The number of amides is 1. The van der Waals surface area contributed by atoms with Crippen LogP contribution in [0.2, 0.25) is 0 Å². The molecule has 3 unspecified atom stereocenters. The number of nitrogens with zero attached hydrogens (tertiary/aromatic N) is 4. The molecule has 0 bridgehead atoms. The second kappa shape index (κ2) is 8.93. The number of rotatable bonds is 5. The topological polar surface area (TPSA) is 68.8 Å². The summed E-state index contributed by atoms with van der Waals surface area (Å²) in [7, 11) is 1.44. The van der Waals surface area contributed by atoms with E-state index in [-0.39, 0.29) is 29.0 Å². The number of azo groups is 1. The van der Waals surface area contributed by atoms with E-state index in [4.69, 9.17) is 0 Å². The average Bonchev–Trinajstić information content (AvgIpc) is 3.30. The Morgan fingerprint density at radius 3 is 2.50 bits per heavy atom.